The van der Waals surface area contributed by atoms with Crippen LogP contribution in [-0.2, 0) is 4.79 Å². The maximum atomic E-state index is 11.1. The first-order chi connectivity index (χ1) is 5.22. The second-order valence-electron chi connectivity index (χ2n) is 2.69. The molecule has 0 aromatic heterocycles. The first-order valence-corrected chi connectivity index (χ1v) is 4.14. The van der Waals surface area contributed by atoms with Gasteiger partial charge in [0.25, 0.3) is 0 Å². The number of carbonyl (C=O) groups excluding carboxylic acids is 1. The highest BCUT2D eigenvalue weighted by molar-refractivity contribution is 5.80. The molecule has 0 amide bonds. The van der Waals surface area contributed by atoms with Crippen molar-refractivity contribution in [2.45, 2.75) is 40.0 Å². The van der Waals surface area contributed by atoms with E-state index in [9.17, 15) is 4.79 Å². The minimum atomic E-state index is 0.195. The summed E-state index contributed by atoms with van der Waals surface area (Å²) in [5, 5.41) is 0. The van der Waals surface area contributed by atoms with Crippen LogP contribution in [0.4, 0.5) is 0 Å². The quantitative estimate of drug-likeness (QED) is 0.565. The molecule has 0 aliphatic rings. The van der Waals surface area contributed by atoms with E-state index in [1.165, 1.54) is 0 Å². The first kappa shape index (κ1) is 10.2. The molecule has 1 unspecified atom stereocenters. The number of hydrogen-bond acceptors (Lipinski definition) is 1. The van der Waals surface area contributed by atoms with Gasteiger partial charge in [-0.2, -0.15) is 0 Å². The van der Waals surface area contributed by atoms with Gasteiger partial charge in [-0.3, -0.25) is 4.79 Å². The van der Waals surface area contributed by atoms with E-state index in [4.69, 9.17) is 0 Å². The summed E-state index contributed by atoms with van der Waals surface area (Å²) >= 11 is 0. The SMILES string of the molecule is CC#CCCC(C)C(=O)CC. The molecule has 62 valence electrons. The lowest BCUT2D eigenvalue weighted by Crippen LogP contribution is -2.08. The molecule has 0 aromatic rings. The van der Waals surface area contributed by atoms with Crippen LogP contribution in [0.2, 0.25) is 0 Å². The Hall–Kier alpha value is -0.770. The Morgan fingerprint density at radius 3 is 2.64 bits per heavy atom. The second-order valence-corrected chi connectivity index (χ2v) is 2.69. The van der Waals surface area contributed by atoms with Gasteiger partial charge < -0.3 is 0 Å². The van der Waals surface area contributed by atoms with Crippen molar-refractivity contribution >= 4 is 5.78 Å². The van der Waals surface area contributed by atoms with E-state index in [-0.39, 0.29) is 5.92 Å². The summed E-state index contributed by atoms with van der Waals surface area (Å²) in [7, 11) is 0. The highest BCUT2D eigenvalue weighted by Gasteiger charge is 2.08. The van der Waals surface area contributed by atoms with Crippen LogP contribution in [0.1, 0.15) is 40.0 Å². The van der Waals surface area contributed by atoms with Gasteiger partial charge in [-0.25, -0.2) is 0 Å². The Labute approximate surface area is 69.2 Å². The number of rotatable bonds is 4. The lowest BCUT2D eigenvalue weighted by atomic mass is 9.99. The molecule has 1 heteroatoms. The average Bonchev–Trinajstić information content (AvgIpc) is 2.03. The predicted molar refractivity (Wildman–Crippen MR) is 47.1 cm³/mol. The Bertz CT molecular complexity index is 171. The van der Waals surface area contributed by atoms with E-state index in [0.29, 0.717) is 12.2 Å². The summed E-state index contributed by atoms with van der Waals surface area (Å²) < 4.78 is 0. The van der Waals surface area contributed by atoms with Crippen LogP contribution in [0, 0.1) is 17.8 Å². The van der Waals surface area contributed by atoms with Crippen LogP contribution in [0.3, 0.4) is 0 Å². The van der Waals surface area contributed by atoms with Gasteiger partial charge in [0.15, 0.2) is 0 Å². The van der Waals surface area contributed by atoms with Gasteiger partial charge in [-0.05, 0) is 13.3 Å². The Balaban J connectivity index is 3.57. The van der Waals surface area contributed by atoms with Crippen molar-refractivity contribution < 1.29 is 4.79 Å². The zero-order chi connectivity index (χ0) is 8.69. The van der Waals surface area contributed by atoms with Crippen LogP contribution < -0.4 is 0 Å². The van der Waals surface area contributed by atoms with Gasteiger partial charge in [0.1, 0.15) is 5.78 Å². The van der Waals surface area contributed by atoms with Crippen LogP contribution in [0.5, 0.6) is 0 Å². The van der Waals surface area contributed by atoms with Crippen molar-refractivity contribution in [3.63, 3.8) is 0 Å². The van der Waals surface area contributed by atoms with Crippen molar-refractivity contribution in [2.75, 3.05) is 0 Å². The largest absolute Gasteiger partial charge is 0.299 e. The average molecular weight is 152 g/mol. The fourth-order valence-corrected chi connectivity index (χ4v) is 0.923. The summed E-state index contributed by atoms with van der Waals surface area (Å²) in [5.74, 6) is 6.32. The minimum Gasteiger partial charge on any atom is -0.299 e. The van der Waals surface area contributed by atoms with Crippen LogP contribution in [0.15, 0.2) is 0 Å². The third-order valence-electron chi connectivity index (χ3n) is 1.78. The van der Waals surface area contributed by atoms with Crippen molar-refractivity contribution in [3.8, 4) is 11.8 Å². The molecule has 0 saturated heterocycles. The first-order valence-electron chi connectivity index (χ1n) is 4.14. The third-order valence-corrected chi connectivity index (χ3v) is 1.78. The van der Waals surface area contributed by atoms with Gasteiger partial charge >= 0.3 is 0 Å². The maximum absolute atomic E-state index is 11.1. The standard InChI is InChI=1S/C10H16O/c1-4-6-7-8-9(3)10(11)5-2/h9H,5,7-8H2,1-3H3. The maximum Gasteiger partial charge on any atom is 0.135 e. The zero-order valence-electron chi connectivity index (χ0n) is 7.61. The molecule has 0 heterocycles. The summed E-state index contributed by atoms with van der Waals surface area (Å²) in [6, 6.07) is 0. The van der Waals surface area contributed by atoms with Gasteiger partial charge in [0, 0.05) is 18.8 Å². The van der Waals surface area contributed by atoms with Crippen molar-refractivity contribution in [2.24, 2.45) is 5.92 Å². The lowest BCUT2D eigenvalue weighted by Gasteiger charge is -2.04. The molecule has 11 heavy (non-hydrogen) atoms. The van der Waals surface area contributed by atoms with Gasteiger partial charge in [-0.15, -0.1) is 11.8 Å². The Kier molecular flexibility index (Phi) is 5.56. The molecule has 0 radical (unpaired) electrons. The number of carbonyl (C=O) groups is 1. The van der Waals surface area contributed by atoms with Gasteiger partial charge in [0.05, 0.1) is 0 Å². The molecule has 0 aliphatic heterocycles. The zero-order valence-corrected chi connectivity index (χ0v) is 7.61. The Morgan fingerprint density at radius 1 is 1.55 bits per heavy atom. The van der Waals surface area contributed by atoms with E-state index in [2.05, 4.69) is 11.8 Å². The third kappa shape index (κ3) is 4.61. The van der Waals surface area contributed by atoms with Crippen LogP contribution in [0.25, 0.3) is 0 Å². The molecular formula is C10H16O. The summed E-state index contributed by atoms with van der Waals surface area (Å²) in [5.41, 5.74) is 0. The highest BCUT2D eigenvalue weighted by atomic mass is 16.1. The van der Waals surface area contributed by atoms with E-state index in [1.54, 1.807) is 0 Å². The fraction of sp³-hybridized carbons (Fsp3) is 0.700. The van der Waals surface area contributed by atoms with E-state index < -0.39 is 0 Å². The lowest BCUT2D eigenvalue weighted by molar-refractivity contribution is -0.122. The molecular weight excluding hydrogens is 136 g/mol. The van der Waals surface area contributed by atoms with Gasteiger partial charge in [0.2, 0.25) is 0 Å². The minimum absolute atomic E-state index is 0.195. The van der Waals surface area contributed by atoms with Crippen molar-refractivity contribution in [1.29, 1.82) is 0 Å². The van der Waals surface area contributed by atoms with Crippen LogP contribution in [-0.4, -0.2) is 5.78 Å². The Morgan fingerprint density at radius 2 is 2.18 bits per heavy atom. The summed E-state index contributed by atoms with van der Waals surface area (Å²) in [6.45, 7) is 5.71. The van der Waals surface area contributed by atoms with Gasteiger partial charge in [-0.1, -0.05) is 13.8 Å². The second kappa shape index (κ2) is 5.97. The molecule has 0 bridgehead atoms. The molecule has 0 spiro atoms. The summed E-state index contributed by atoms with van der Waals surface area (Å²) in [6.07, 6.45) is 2.41. The smallest absolute Gasteiger partial charge is 0.135 e. The summed E-state index contributed by atoms with van der Waals surface area (Å²) in [4.78, 5) is 11.1. The molecule has 0 saturated carbocycles. The predicted octanol–water partition coefficient (Wildman–Crippen LogP) is 2.41. The molecule has 0 aromatic carbocycles. The van der Waals surface area contributed by atoms with Crippen molar-refractivity contribution in [1.82, 2.24) is 0 Å². The normalized spacial score (nSPS) is 11.5. The fourth-order valence-electron chi connectivity index (χ4n) is 0.923. The molecule has 1 nitrogen and oxygen atoms in total. The molecule has 0 N–H and O–H groups in total. The topological polar surface area (TPSA) is 17.1 Å². The van der Waals surface area contributed by atoms with Crippen LogP contribution >= 0.6 is 0 Å². The molecule has 0 fully saturated rings. The number of Topliss-reactive ketones (excluding diaryl/α,β-unsaturated/α-hetero) is 1. The molecule has 0 aliphatic carbocycles. The number of hydrogen-bond donors (Lipinski definition) is 0. The molecule has 0 rings (SSSR count). The van der Waals surface area contributed by atoms with E-state index >= 15 is 0 Å². The monoisotopic (exact) mass is 152 g/mol. The number of ketones is 1. The van der Waals surface area contributed by atoms with E-state index in [0.717, 1.165) is 12.8 Å². The highest BCUT2D eigenvalue weighted by Crippen LogP contribution is 2.07. The van der Waals surface area contributed by atoms with E-state index in [1.807, 2.05) is 20.8 Å². The van der Waals surface area contributed by atoms with Crippen molar-refractivity contribution in [3.05, 3.63) is 0 Å². The molecule has 1 atom stereocenters.